The van der Waals surface area contributed by atoms with Gasteiger partial charge in [0.15, 0.2) is 0 Å². The maximum Gasteiger partial charge on any atom is 0.270 e. The molecule has 1 fully saturated rings. The summed E-state index contributed by atoms with van der Waals surface area (Å²) in [4.78, 5) is 27.0. The number of nitrogens with zero attached hydrogens (tertiary/aromatic N) is 5. The van der Waals surface area contributed by atoms with Gasteiger partial charge in [0.25, 0.3) is 5.91 Å². The fourth-order valence-corrected chi connectivity index (χ4v) is 4.31. The van der Waals surface area contributed by atoms with Crippen molar-refractivity contribution in [3.8, 4) is 0 Å². The Hall–Kier alpha value is -2.71. The molecule has 1 amide bonds. The van der Waals surface area contributed by atoms with E-state index in [2.05, 4.69) is 26.3 Å². The van der Waals surface area contributed by atoms with Crippen molar-refractivity contribution in [1.29, 1.82) is 0 Å². The Labute approximate surface area is 168 Å². The Kier molecular flexibility index (Phi) is 5.40. The van der Waals surface area contributed by atoms with Crippen LogP contribution in [-0.2, 0) is 13.1 Å². The van der Waals surface area contributed by atoms with Gasteiger partial charge in [0.1, 0.15) is 17.3 Å². The molecule has 8 heteroatoms. The maximum atomic E-state index is 13.1. The van der Waals surface area contributed by atoms with E-state index in [-0.39, 0.29) is 11.9 Å². The topological polar surface area (TPSA) is 80.3 Å². The van der Waals surface area contributed by atoms with Crippen LogP contribution in [0.4, 0.5) is 5.82 Å². The molecule has 0 bridgehead atoms. The standard InChI is InChI=1S/C20H24N6OS/c1-24(14-19-22-8-6-18(21)23-19)15-7-10-26(12-15)20(27)17-5-2-9-25(17)13-16-4-3-11-28-16/h2-6,8-9,11,15H,7,10,12-14H2,1H3,(H2,21,22,23)/t15-/m0/s1. The van der Waals surface area contributed by atoms with Crippen LogP contribution in [-0.4, -0.2) is 56.4 Å². The molecule has 1 aliphatic heterocycles. The molecule has 7 nitrogen and oxygen atoms in total. The molecule has 28 heavy (non-hydrogen) atoms. The molecule has 4 rings (SSSR count). The molecule has 3 aromatic heterocycles. The average Bonchev–Trinajstić information content (AvgIpc) is 3.43. The highest BCUT2D eigenvalue weighted by molar-refractivity contribution is 7.09. The lowest BCUT2D eigenvalue weighted by molar-refractivity contribution is 0.0769. The van der Waals surface area contributed by atoms with Crippen LogP contribution in [0.2, 0.25) is 0 Å². The van der Waals surface area contributed by atoms with Crippen molar-refractivity contribution in [3.63, 3.8) is 0 Å². The Morgan fingerprint density at radius 1 is 1.36 bits per heavy atom. The minimum absolute atomic E-state index is 0.0951. The number of carbonyl (C=O) groups is 1. The van der Waals surface area contributed by atoms with Gasteiger partial charge in [-0.1, -0.05) is 6.07 Å². The normalized spacial score (nSPS) is 16.8. The number of hydrogen-bond donors (Lipinski definition) is 1. The van der Waals surface area contributed by atoms with Crippen LogP contribution in [0.5, 0.6) is 0 Å². The average molecular weight is 397 g/mol. The predicted octanol–water partition coefficient (Wildman–Crippen LogP) is 2.32. The number of amides is 1. The first kappa shape index (κ1) is 18.6. The summed E-state index contributed by atoms with van der Waals surface area (Å²) in [5.41, 5.74) is 6.49. The van der Waals surface area contributed by atoms with E-state index >= 15 is 0 Å². The molecule has 2 N–H and O–H groups in total. The van der Waals surface area contributed by atoms with Crippen molar-refractivity contribution in [2.75, 3.05) is 25.9 Å². The number of nitrogens with two attached hydrogens (primary N) is 1. The van der Waals surface area contributed by atoms with E-state index < -0.39 is 0 Å². The van der Waals surface area contributed by atoms with Crippen molar-refractivity contribution in [1.82, 2.24) is 24.3 Å². The first-order valence-electron chi connectivity index (χ1n) is 9.34. The van der Waals surface area contributed by atoms with Gasteiger partial charge >= 0.3 is 0 Å². The van der Waals surface area contributed by atoms with Gasteiger partial charge in [-0.15, -0.1) is 11.3 Å². The zero-order valence-electron chi connectivity index (χ0n) is 15.9. The van der Waals surface area contributed by atoms with Crippen LogP contribution in [0.25, 0.3) is 0 Å². The zero-order chi connectivity index (χ0) is 19.5. The predicted molar refractivity (Wildman–Crippen MR) is 110 cm³/mol. The number of likely N-dealkylation sites (tertiary alicyclic amines) is 1. The van der Waals surface area contributed by atoms with E-state index in [0.717, 1.165) is 25.2 Å². The fraction of sp³-hybridized carbons (Fsp3) is 0.350. The largest absolute Gasteiger partial charge is 0.384 e. The number of hydrogen-bond acceptors (Lipinski definition) is 6. The SMILES string of the molecule is CN(Cc1nccc(N)n1)[C@H]1CCN(C(=O)c2cccn2Cc2cccs2)C1. The third-order valence-corrected chi connectivity index (χ3v) is 6.01. The number of aromatic nitrogens is 3. The number of rotatable bonds is 6. The van der Waals surface area contributed by atoms with Crippen LogP contribution in [0, 0.1) is 0 Å². The molecule has 3 aromatic rings. The molecule has 1 atom stereocenters. The third kappa shape index (κ3) is 4.07. The molecular formula is C20H24N6OS. The maximum absolute atomic E-state index is 13.1. The Balaban J connectivity index is 1.39. The summed E-state index contributed by atoms with van der Waals surface area (Å²) in [6, 6.07) is 9.96. The Morgan fingerprint density at radius 2 is 2.25 bits per heavy atom. The summed E-state index contributed by atoms with van der Waals surface area (Å²) in [6.45, 7) is 2.82. The van der Waals surface area contributed by atoms with E-state index in [1.54, 1.807) is 23.6 Å². The van der Waals surface area contributed by atoms with Gasteiger partial charge < -0.3 is 15.2 Å². The third-order valence-electron chi connectivity index (χ3n) is 5.15. The lowest BCUT2D eigenvalue weighted by atomic mass is 10.2. The Bertz CT molecular complexity index is 938. The number of thiophene rings is 1. The van der Waals surface area contributed by atoms with E-state index in [0.29, 0.717) is 24.7 Å². The second-order valence-corrected chi connectivity index (χ2v) is 8.14. The summed E-state index contributed by atoms with van der Waals surface area (Å²) in [5.74, 6) is 1.28. The number of nitrogen functional groups attached to an aromatic ring is 1. The van der Waals surface area contributed by atoms with Crippen molar-refractivity contribution in [3.05, 3.63) is 64.5 Å². The molecule has 0 radical (unpaired) electrons. The zero-order valence-corrected chi connectivity index (χ0v) is 16.7. The smallest absolute Gasteiger partial charge is 0.270 e. The minimum Gasteiger partial charge on any atom is -0.384 e. The second-order valence-electron chi connectivity index (χ2n) is 7.11. The molecule has 0 saturated carbocycles. The van der Waals surface area contributed by atoms with Crippen LogP contribution in [0.15, 0.2) is 48.1 Å². The fourth-order valence-electron chi connectivity index (χ4n) is 3.61. The van der Waals surface area contributed by atoms with E-state index in [9.17, 15) is 4.79 Å². The molecule has 0 aromatic carbocycles. The molecule has 0 unspecified atom stereocenters. The van der Waals surface area contributed by atoms with Crippen LogP contribution in [0.3, 0.4) is 0 Å². The van der Waals surface area contributed by atoms with Crippen molar-refractivity contribution >= 4 is 23.1 Å². The molecule has 1 saturated heterocycles. The first-order valence-corrected chi connectivity index (χ1v) is 10.2. The van der Waals surface area contributed by atoms with Gasteiger partial charge in [-0.25, -0.2) is 9.97 Å². The highest BCUT2D eigenvalue weighted by Crippen LogP contribution is 2.20. The molecule has 0 spiro atoms. The monoisotopic (exact) mass is 396 g/mol. The highest BCUT2D eigenvalue weighted by Gasteiger charge is 2.30. The number of carbonyl (C=O) groups excluding carboxylic acids is 1. The van der Waals surface area contributed by atoms with E-state index in [1.165, 1.54) is 4.88 Å². The molecule has 146 valence electrons. The molecular weight excluding hydrogens is 372 g/mol. The lowest BCUT2D eigenvalue weighted by Gasteiger charge is -2.24. The molecule has 1 aliphatic rings. The molecule has 4 heterocycles. The number of likely N-dealkylation sites (N-methyl/N-ethyl adjacent to an activating group) is 1. The summed E-state index contributed by atoms with van der Waals surface area (Å²) in [7, 11) is 2.05. The van der Waals surface area contributed by atoms with Gasteiger partial charge in [0.05, 0.1) is 13.1 Å². The lowest BCUT2D eigenvalue weighted by Crippen LogP contribution is -2.37. The second kappa shape index (κ2) is 8.12. The highest BCUT2D eigenvalue weighted by atomic mass is 32.1. The van der Waals surface area contributed by atoms with E-state index in [1.807, 2.05) is 40.9 Å². The van der Waals surface area contributed by atoms with Gasteiger partial charge in [0.2, 0.25) is 0 Å². The van der Waals surface area contributed by atoms with Gasteiger partial charge in [-0.3, -0.25) is 9.69 Å². The minimum atomic E-state index is 0.0951. The summed E-state index contributed by atoms with van der Waals surface area (Å²) >= 11 is 1.71. The summed E-state index contributed by atoms with van der Waals surface area (Å²) < 4.78 is 2.03. The van der Waals surface area contributed by atoms with Gasteiger partial charge in [-0.2, -0.15) is 0 Å². The quantitative estimate of drug-likeness (QED) is 0.692. The van der Waals surface area contributed by atoms with Crippen LogP contribution < -0.4 is 5.73 Å². The van der Waals surface area contributed by atoms with Crippen molar-refractivity contribution in [2.45, 2.75) is 25.6 Å². The van der Waals surface area contributed by atoms with Gasteiger partial charge in [0, 0.05) is 36.4 Å². The Morgan fingerprint density at radius 3 is 3.04 bits per heavy atom. The molecule has 0 aliphatic carbocycles. The summed E-state index contributed by atoms with van der Waals surface area (Å²) in [6.07, 6.45) is 4.59. The van der Waals surface area contributed by atoms with Gasteiger partial charge in [-0.05, 0) is 43.1 Å². The number of anilines is 1. The van der Waals surface area contributed by atoms with Crippen molar-refractivity contribution in [2.24, 2.45) is 0 Å². The summed E-state index contributed by atoms with van der Waals surface area (Å²) in [5, 5.41) is 2.06. The van der Waals surface area contributed by atoms with E-state index in [4.69, 9.17) is 5.73 Å². The first-order chi connectivity index (χ1) is 13.6. The van der Waals surface area contributed by atoms with Crippen LogP contribution in [0.1, 0.15) is 27.6 Å². The van der Waals surface area contributed by atoms with Crippen molar-refractivity contribution < 1.29 is 4.79 Å². The van der Waals surface area contributed by atoms with Crippen LogP contribution >= 0.6 is 11.3 Å².